The largest absolute Gasteiger partial charge is 0.495 e. The number of carbonyl (C=O) groups excluding carboxylic acids is 1. The highest BCUT2D eigenvalue weighted by atomic mass is 19.1. The molecule has 2 aromatic carbocycles. The van der Waals surface area contributed by atoms with E-state index in [1.807, 2.05) is 12.1 Å². The van der Waals surface area contributed by atoms with Crippen LogP contribution in [0, 0.1) is 5.82 Å². The lowest BCUT2D eigenvalue weighted by Gasteiger charge is -2.24. The van der Waals surface area contributed by atoms with Gasteiger partial charge in [0.2, 0.25) is 0 Å². The first-order valence-corrected chi connectivity index (χ1v) is 8.89. The van der Waals surface area contributed by atoms with Gasteiger partial charge in [-0.15, -0.1) is 6.58 Å². The first-order chi connectivity index (χ1) is 13.6. The van der Waals surface area contributed by atoms with Gasteiger partial charge in [-0.25, -0.2) is 9.18 Å². The molecule has 146 valence electrons. The van der Waals surface area contributed by atoms with Crippen molar-refractivity contribution in [3.8, 4) is 5.75 Å². The number of oxime groups is 1. The van der Waals surface area contributed by atoms with Crippen molar-refractivity contribution in [3.63, 3.8) is 0 Å². The number of para-hydroxylation sites is 2. The van der Waals surface area contributed by atoms with E-state index in [1.54, 1.807) is 42.4 Å². The number of halogens is 1. The van der Waals surface area contributed by atoms with E-state index in [0.717, 1.165) is 11.3 Å². The van der Waals surface area contributed by atoms with Gasteiger partial charge in [0.05, 0.1) is 25.1 Å². The number of benzene rings is 2. The molecule has 1 atom stereocenters. The molecule has 0 bridgehead atoms. The van der Waals surface area contributed by atoms with E-state index >= 15 is 0 Å². The number of carbonyl (C=O) groups is 1. The number of urea groups is 1. The Hall–Kier alpha value is -3.35. The third-order valence-corrected chi connectivity index (χ3v) is 4.32. The summed E-state index contributed by atoms with van der Waals surface area (Å²) in [4.78, 5) is 19.8. The first kappa shape index (κ1) is 19.4. The number of hydrogen-bond acceptors (Lipinski definition) is 4. The Bertz CT molecular complexity index is 867. The molecule has 0 aliphatic carbocycles. The molecule has 2 aromatic rings. The van der Waals surface area contributed by atoms with Crippen molar-refractivity contribution in [2.45, 2.75) is 12.5 Å². The van der Waals surface area contributed by atoms with Gasteiger partial charge in [0.1, 0.15) is 11.6 Å². The van der Waals surface area contributed by atoms with Gasteiger partial charge in [0, 0.05) is 13.0 Å². The van der Waals surface area contributed by atoms with Crippen molar-refractivity contribution in [3.05, 3.63) is 72.6 Å². The minimum atomic E-state index is -0.301. The summed E-state index contributed by atoms with van der Waals surface area (Å²) in [5.41, 5.74) is 2.12. The second-order valence-electron chi connectivity index (χ2n) is 6.30. The zero-order chi connectivity index (χ0) is 19.9. The summed E-state index contributed by atoms with van der Waals surface area (Å²) in [7, 11) is 1.55. The second-order valence-corrected chi connectivity index (χ2v) is 6.30. The van der Waals surface area contributed by atoms with Crippen molar-refractivity contribution >= 4 is 17.4 Å². The summed E-state index contributed by atoms with van der Waals surface area (Å²) in [6.45, 7) is 4.41. The van der Waals surface area contributed by atoms with Crippen molar-refractivity contribution in [1.82, 2.24) is 4.90 Å². The highest BCUT2D eigenvalue weighted by Crippen LogP contribution is 2.24. The SMILES string of the molecule is C=CCN(C[C@H]1CC(c2ccc(F)cc2)=NO1)C(=O)Nc1ccccc1OC. The lowest BCUT2D eigenvalue weighted by molar-refractivity contribution is 0.0645. The van der Waals surface area contributed by atoms with Gasteiger partial charge in [0.25, 0.3) is 0 Å². The van der Waals surface area contributed by atoms with E-state index in [1.165, 1.54) is 12.1 Å². The second kappa shape index (κ2) is 9.03. The number of ether oxygens (including phenoxy) is 1. The van der Waals surface area contributed by atoms with Crippen LogP contribution in [0.3, 0.4) is 0 Å². The molecule has 0 radical (unpaired) electrons. The number of anilines is 1. The summed E-state index contributed by atoms with van der Waals surface area (Å²) in [6, 6.07) is 13.0. The normalized spacial score (nSPS) is 15.4. The molecular weight excluding hydrogens is 361 g/mol. The number of amides is 2. The summed E-state index contributed by atoms with van der Waals surface area (Å²) in [5, 5.41) is 6.94. The minimum Gasteiger partial charge on any atom is -0.495 e. The van der Waals surface area contributed by atoms with Crippen molar-refractivity contribution in [2.75, 3.05) is 25.5 Å². The van der Waals surface area contributed by atoms with E-state index in [4.69, 9.17) is 9.57 Å². The van der Waals surface area contributed by atoms with E-state index in [0.29, 0.717) is 30.9 Å². The number of hydrogen-bond donors (Lipinski definition) is 1. The average Bonchev–Trinajstić information content (AvgIpc) is 3.17. The van der Waals surface area contributed by atoms with E-state index in [9.17, 15) is 9.18 Å². The molecule has 0 fully saturated rings. The van der Waals surface area contributed by atoms with Crippen LogP contribution in [-0.2, 0) is 4.84 Å². The molecule has 1 N–H and O–H groups in total. The van der Waals surface area contributed by atoms with Crippen molar-refractivity contribution in [2.24, 2.45) is 5.16 Å². The Labute approximate surface area is 163 Å². The van der Waals surface area contributed by atoms with E-state index in [2.05, 4.69) is 17.1 Å². The van der Waals surface area contributed by atoms with Crippen LogP contribution in [0.2, 0.25) is 0 Å². The van der Waals surface area contributed by atoms with Crippen LogP contribution in [0.15, 0.2) is 66.3 Å². The third kappa shape index (κ3) is 4.68. The molecule has 0 saturated heterocycles. The molecule has 1 aliphatic heterocycles. The van der Waals surface area contributed by atoms with Gasteiger partial charge >= 0.3 is 6.03 Å². The monoisotopic (exact) mass is 383 g/mol. The molecule has 6 nitrogen and oxygen atoms in total. The van der Waals surface area contributed by atoms with Crippen molar-refractivity contribution in [1.29, 1.82) is 0 Å². The Morgan fingerprint density at radius 3 is 2.82 bits per heavy atom. The van der Waals surface area contributed by atoms with Crippen LogP contribution in [0.1, 0.15) is 12.0 Å². The van der Waals surface area contributed by atoms with Gasteiger partial charge in [-0.3, -0.25) is 0 Å². The van der Waals surface area contributed by atoms with Crippen LogP contribution >= 0.6 is 0 Å². The topological polar surface area (TPSA) is 63.2 Å². The fourth-order valence-electron chi connectivity index (χ4n) is 2.92. The maximum absolute atomic E-state index is 13.1. The minimum absolute atomic E-state index is 0.288. The quantitative estimate of drug-likeness (QED) is 0.734. The van der Waals surface area contributed by atoms with Crippen LogP contribution in [0.4, 0.5) is 14.9 Å². The van der Waals surface area contributed by atoms with E-state index in [-0.39, 0.29) is 18.0 Å². The summed E-state index contributed by atoms with van der Waals surface area (Å²) < 4.78 is 18.4. The van der Waals surface area contributed by atoms with Crippen LogP contribution in [-0.4, -0.2) is 42.9 Å². The predicted molar refractivity (Wildman–Crippen MR) is 106 cm³/mol. The molecule has 7 heteroatoms. The predicted octanol–water partition coefficient (Wildman–Crippen LogP) is 4.05. The van der Waals surface area contributed by atoms with Crippen LogP contribution < -0.4 is 10.1 Å². The molecule has 3 rings (SSSR count). The standard InChI is InChI=1S/C21H22FN3O3/c1-3-12-25(21(26)23-18-6-4-5-7-20(18)27-2)14-17-13-19(24-28-17)15-8-10-16(22)11-9-15/h3-11,17H,1,12-14H2,2H3,(H,23,26)/t17-/m1/s1. The summed E-state index contributed by atoms with van der Waals surface area (Å²) in [5.74, 6) is 0.276. The van der Waals surface area contributed by atoms with E-state index < -0.39 is 0 Å². The molecule has 0 unspecified atom stereocenters. The molecule has 0 saturated carbocycles. The average molecular weight is 383 g/mol. The third-order valence-electron chi connectivity index (χ3n) is 4.32. The summed E-state index contributed by atoms with van der Waals surface area (Å²) >= 11 is 0. The smallest absolute Gasteiger partial charge is 0.322 e. The highest BCUT2D eigenvalue weighted by molar-refractivity contribution is 6.01. The Morgan fingerprint density at radius 2 is 2.11 bits per heavy atom. The Kier molecular flexibility index (Phi) is 6.26. The van der Waals surface area contributed by atoms with Gasteiger partial charge in [-0.05, 0) is 29.8 Å². The maximum atomic E-state index is 13.1. The summed E-state index contributed by atoms with van der Waals surface area (Å²) in [6.07, 6.45) is 1.89. The molecule has 0 spiro atoms. The molecule has 1 aliphatic rings. The molecule has 0 aromatic heterocycles. The zero-order valence-electron chi connectivity index (χ0n) is 15.6. The number of methoxy groups -OCH3 is 1. The van der Waals surface area contributed by atoms with Gasteiger partial charge < -0.3 is 19.8 Å². The van der Waals surface area contributed by atoms with Crippen LogP contribution in [0.25, 0.3) is 0 Å². The first-order valence-electron chi connectivity index (χ1n) is 8.89. The zero-order valence-corrected chi connectivity index (χ0v) is 15.6. The molecular formula is C21H22FN3O3. The number of nitrogens with zero attached hydrogens (tertiary/aromatic N) is 2. The Balaban J connectivity index is 1.62. The van der Waals surface area contributed by atoms with Gasteiger partial charge in [0.15, 0.2) is 6.10 Å². The fourth-order valence-corrected chi connectivity index (χ4v) is 2.92. The van der Waals surface area contributed by atoms with Gasteiger partial charge in [-0.1, -0.05) is 35.5 Å². The molecule has 28 heavy (non-hydrogen) atoms. The van der Waals surface area contributed by atoms with Gasteiger partial charge in [-0.2, -0.15) is 0 Å². The number of rotatable bonds is 7. The molecule has 1 heterocycles. The molecule has 2 amide bonds. The van der Waals surface area contributed by atoms with Crippen LogP contribution in [0.5, 0.6) is 5.75 Å². The number of nitrogens with one attached hydrogen (secondary N) is 1. The van der Waals surface area contributed by atoms with Crippen molar-refractivity contribution < 1.29 is 18.8 Å². The fraction of sp³-hybridized carbons (Fsp3) is 0.238. The lowest BCUT2D eigenvalue weighted by Crippen LogP contribution is -2.40. The maximum Gasteiger partial charge on any atom is 0.322 e. The lowest BCUT2D eigenvalue weighted by atomic mass is 10.0. The Morgan fingerprint density at radius 1 is 1.36 bits per heavy atom. The highest BCUT2D eigenvalue weighted by Gasteiger charge is 2.26.